The molecule has 4 aliphatic rings. The maximum Gasteiger partial charge on any atom is 0.191 e. The summed E-state index contributed by atoms with van der Waals surface area (Å²) in [6, 6.07) is 0. The minimum absolute atomic E-state index is 0.275. The Labute approximate surface area is 193 Å². The predicted octanol–water partition coefficient (Wildman–Crippen LogP) is 8.64. The Kier molecular flexibility index (Phi) is 6.34. The molecule has 0 radical (unpaired) electrons. The van der Waals surface area contributed by atoms with Gasteiger partial charge in [0.25, 0.3) is 0 Å². The highest BCUT2D eigenvalue weighted by molar-refractivity contribution is 6.74. The van der Waals surface area contributed by atoms with Crippen LogP contribution in [0, 0.1) is 46.3 Å². The van der Waals surface area contributed by atoms with E-state index in [9.17, 15) is 4.39 Å². The lowest BCUT2D eigenvalue weighted by Crippen LogP contribution is -2.55. The SMILES string of the molecule is CC(CO[Si](C)(C)C(C)(C)C)[C@H]1CC[C@H]2[C@@H]3CCC4C(F)CCC[C@]4(C)[C@H]3CC[C@]12C. The van der Waals surface area contributed by atoms with Gasteiger partial charge in [-0.15, -0.1) is 0 Å². The van der Waals surface area contributed by atoms with Crippen molar-refractivity contribution in [3.63, 3.8) is 0 Å². The summed E-state index contributed by atoms with van der Waals surface area (Å²) in [4.78, 5) is 0. The Morgan fingerprint density at radius 1 is 0.903 bits per heavy atom. The normalized spacial score (nSPS) is 46.7. The number of hydrogen-bond donors (Lipinski definition) is 0. The zero-order chi connectivity index (χ0) is 22.8. The fraction of sp³-hybridized carbons (Fsp3) is 1.00. The molecule has 180 valence electrons. The van der Waals surface area contributed by atoms with Crippen molar-refractivity contribution >= 4 is 8.32 Å². The van der Waals surface area contributed by atoms with E-state index >= 15 is 0 Å². The van der Waals surface area contributed by atoms with Crippen LogP contribution in [0.4, 0.5) is 4.39 Å². The quantitative estimate of drug-likeness (QED) is 0.389. The molecule has 3 heteroatoms. The highest BCUT2D eigenvalue weighted by atomic mass is 28.4. The summed E-state index contributed by atoms with van der Waals surface area (Å²) in [5.41, 5.74) is 0.751. The Balaban J connectivity index is 1.47. The number of halogens is 1. The molecule has 0 bridgehead atoms. The van der Waals surface area contributed by atoms with Gasteiger partial charge in [0.05, 0.1) is 0 Å². The first-order valence-electron chi connectivity index (χ1n) is 13.6. The third kappa shape index (κ3) is 3.90. The molecule has 0 saturated heterocycles. The van der Waals surface area contributed by atoms with E-state index in [1.807, 2.05) is 0 Å². The molecule has 0 spiro atoms. The van der Waals surface area contributed by atoms with Crippen molar-refractivity contribution < 1.29 is 8.82 Å². The second-order valence-corrected chi connectivity index (χ2v) is 19.1. The molecule has 0 aliphatic heterocycles. The largest absolute Gasteiger partial charge is 0.417 e. The van der Waals surface area contributed by atoms with Gasteiger partial charge in [0.1, 0.15) is 6.17 Å². The number of hydrogen-bond acceptors (Lipinski definition) is 1. The topological polar surface area (TPSA) is 9.23 Å². The highest BCUT2D eigenvalue weighted by Gasteiger charge is 2.61. The van der Waals surface area contributed by atoms with Gasteiger partial charge < -0.3 is 4.43 Å². The van der Waals surface area contributed by atoms with E-state index in [4.69, 9.17) is 4.43 Å². The Morgan fingerprint density at radius 2 is 1.55 bits per heavy atom. The third-order valence-electron chi connectivity index (χ3n) is 11.8. The molecule has 1 nitrogen and oxygen atoms in total. The van der Waals surface area contributed by atoms with Crippen LogP contribution in [0.1, 0.15) is 99.3 Å². The Bertz CT molecular complexity index is 656. The zero-order valence-corrected chi connectivity index (χ0v) is 22.9. The molecule has 0 aromatic carbocycles. The smallest absolute Gasteiger partial charge is 0.191 e. The van der Waals surface area contributed by atoms with Gasteiger partial charge in [-0.3, -0.25) is 0 Å². The first-order chi connectivity index (χ1) is 14.3. The van der Waals surface area contributed by atoms with Gasteiger partial charge in [-0.25, -0.2) is 4.39 Å². The van der Waals surface area contributed by atoms with E-state index in [1.54, 1.807) is 0 Å². The molecule has 4 saturated carbocycles. The molecule has 4 aliphatic carbocycles. The third-order valence-corrected chi connectivity index (χ3v) is 16.3. The van der Waals surface area contributed by atoms with Gasteiger partial charge in [0.15, 0.2) is 8.32 Å². The summed E-state index contributed by atoms with van der Waals surface area (Å²) in [5, 5.41) is 0.287. The van der Waals surface area contributed by atoms with Crippen LogP contribution in [0.3, 0.4) is 0 Å². The molecule has 4 rings (SSSR count). The van der Waals surface area contributed by atoms with Gasteiger partial charge in [-0.2, -0.15) is 0 Å². The molecule has 3 unspecified atom stereocenters. The van der Waals surface area contributed by atoms with Crippen LogP contribution in [0.15, 0.2) is 0 Å². The maximum absolute atomic E-state index is 14.9. The van der Waals surface area contributed by atoms with Crippen LogP contribution in [-0.2, 0) is 4.43 Å². The summed E-state index contributed by atoms with van der Waals surface area (Å²) >= 11 is 0. The van der Waals surface area contributed by atoms with Crippen LogP contribution in [0.2, 0.25) is 18.1 Å². The fourth-order valence-corrected chi connectivity index (χ4v) is 10.1. The number of fused-ring (bicyclic) bond motifs is 5. The van der Waals surface area contributed by atoms with Gasteiger partial charge in [0.2, 0.25) is 0 Å². The molecule has 0 amide bonds. The lowest BCUT2D eigenvalue weighted by molar-refractivity contribution is -0.133. The first kappa shape index (κ1) is 24.2. The van der Waals surface area contributed by atoms with Gasteiger partial charge >= 0.3 is 0 Å². The molecule has 0 N–H and O–H groups in total. The van der Waals surface area contributed by atoms with Crippen LogP contribution in [-0.4, -0.2) is 21.1 Å². The van der Waals surface area contributed by atoms with Gasteiger partial charge in [0, 0.05) is 6.61 Å². The molecular formula is C28H51FOSi. The van der Waals surface area contributed by atoms with Gasteiger partial charge in [-0.1, -0.05) is 41.5 Å². The lowest BCUT2D eigenvalue weighted by Gasteiger charge is -2.61. The van der Waals surface area contributed by atoms with Crippen LogP contribution in [0.5, 0.6) is 0 Å². The van der Waals surface area contributed by atoms with Crippen molar-refractivity contribution in [3.05, 3.63) is 0 Å². The minimum atomic E-state index is -1.69. The standard InChI is InChI=1S/C28H51FOSi/c1-19(18-30-31(7,8)26(2,3)4)21-13-14-22-20-11-12-24-25(29)10-9-16-27(24,5)23(20)15-17-28(21,22)6/h19-25H,9-18H2,1-8H3/t19?,20-,21+,22-,23-,24?,25?,27+,28+/m0/s1. The van der Waals surface area contributed by atoms with Crippen molar-refractivity contribution in [3.8, 4) is 0 Å². The second kappa shape index (κ2) is 8.10. The molecule has 0 aromatic heterocycles. The molecule has 0 aromatic rings. The van der Waals surface area contributed by atoms with E-state index in [0.29, 0.717) is 17.3 Å². The van der Waals surface area contributed by atoms with Crippen LogP contribution < -0.4 is 0 Å². The van der Waals surface area contributed by atoms with E-state index in [0.717, 1.165) is 49.5 Å². The van der Waals surface area contributed by atoms with Crippen molar-refractivity contribution in [1.82, 2.24) is 0 Å². The summed E-state index contributed by atoms with van der Waals surface area (Å²) in [7, 11) is -1.69. The fourth-order valence-electron chi connectivity index (χ4n) is 8.98. The van der Waals surface area contributed by atoms with Crippen LogP contribution >= 0.6 is 0 Å². The van der Waals surface area contributed by atoms with Gasteiger partial charge in [-0.05, 0) is 122 Å². The minimum Gasteiger partial charge on any atom is -0.417 e. The molecule has 0 heterocycles. The molecular weight excluding hydrogens is 399 g/mol. The maximum atomic E-state index is 14.9. The average molecular weight is 451 g/mol. The summed E-state index contributed by atoms with van der Waals surface area (Å²) in [6.07, 6.45) is 10.7. The summed E-state index contributed by atoms with van der Waals surface area (Å²) < 4.78 is 21.6. The number of alkyl halides is 1. The molecule has 4 fully saturated rings. The Hall–Kier alpha value is 0.107. The molecule has 31 heavy (non-hydrogen) atoms. The van der Waals surface area contributed by atoms with E-state index in [1.165, 1.54) is 38.5 Å². The van der Waals surface area contributed by atoms with E-state index in [2.05, 4.69) is 54.6 Å². The van der Waals surface area contributed by atoms with Crippen LogP contribution in [0.25, 0.3) is 0 Å². The van der Waals surface area contributed by atoms with E-state index < -0.39 is 14.5 Å². The first-order valence-corrected chi connectivity index (χ1v) is 16.5. The summed E-state index contributed by atoms with van der Waals surface area (Å²) in [5.74, 6) is 4.29. The van der Waals surface area contributed by atoms with Crippen molar-refractivity contribution in [2.75, 3.05) is 6.61 Å². The van der Waals surface area contributed by atoms with Crippen molar-refractivity contribution in [1.29, 1.82) is 0 Å². The average Bonchev–Trinajstić information content (AvgIpc) is 3.02. The highest BCUT2D eigenvalue weighted by Crippen LogP contribution is 2.68. The van der Waals surface area contributed by atoms with Crippen molar-refractivity contribution in [2.24, 2.45) is 46.3 Å². The zero-order valence-electron chi connectivity index (χ0n) is 21.9. The Morgan fingerprint density at radius 3 is 2.23 bits per heavy atom. The van der Waals surface area contributed by atoms with E-state index in [-0.39, 0.29) is 10.5 Å². The lowest BCUT2D eigenvalue weighted by atomic mass is 9.44. The molecule has 9 atom stereocenters. The number of rotatable bonds is 4. The monoisotopic (exact) mass is 450 g/mol. The predicted molar refractivity (Wildman–Crippen MR) is 132 cm³/mol. The summed E-state index contributed by atoms with van der Waals surface area (Å²) in [6.45, 7) is 20.4. The second-order valence-electron chi connectivity index (χ2n) is 14.3. The van der Waals surface area contributed by atoms with Crippen molar-refractivity contribution in [2.45, 2.75) is 124 Å².